The molecule has 1 amide bonds. The van der Waals surface area contributed by atoms with Gasteiger partial charge in [0.15, 0.2) is 5.76 Å². The molecule has 0 unspecified atom stereocenters. The highest BCUT2D eigenvalue weighted by molar-refractivity contribution is 5.96. The van der Waals surface area contributed by atoms with Crippen molar-refractivity contribution in [3.8, 4) is 0 Å². The summed E-state index contributed by atoms with van der Waals surface area (Å²) in [5.41, 5.74) is 0.736. The van der Waals surface area contributed by atoms with E-state index in [1.165, 1.54) is 0 Å². The Bertz CT molecular complexity index is 522. The van der Waals surface area contributed by atoms with Gasteiger partial charge in [0.1, 0.15) is 5.58 Å². The Labute approximate surface area is 105 Å². The third-order valence-corrected chi connectivity index (χ3v) is 3.16. The Morgan fingerprint density at radius 1 is 1.39 bits per heavy atom. The van der Waals surface area contributed by atoms with E-state index in [0.717, 1.165) is 30.4 Å². The predicted molar refractivity (Wildman–Crippen MR) is 67.5 cm³/mol. The van der Waals surface area contributed by atoms with Gasteiger partial charge in [-0.1, -0.05) is 18.2 Å². The Kier molecular flexibility index (Phi) is 3.02. The zero-order valence-electron chi connectivity index (χ0n) is 10.0. The molecule has 0 aliphatic carbocycles. The van der Waals surface area contributed by atoms with E-state index >= 15 is 0 Å². The molecule has 1 aromatic heterocycles. The van der Waals surface area contributed by atoms with Crippen LogP contribution in [0.15, 0.2) is 34.7 Å². The van der Waals surface area contributed by atoms with Gasteiger partial charge in [-0.05, 0) is 25.0 Å². The van der Waals surface area contributed by atoms with Crippen molar-refractivity contribution >= 4 is 16.9 Å². The summed E-state index contributed by atoms with van der Waals surface area (Å²) in [6.45, 7) is 1.35. The van der Waals surface area contributed by atoms with Crippen LogP contribution in [0.25, 0.3) is 11.0 Å². The molecule has 0 saturated carbocycles. The third kappa shape index (κ3) is 2.24. The minimum Gasteiger partial charge on any atom is -0.451 e. The van der Waals surface area contributed by atoms with Crippen LogP contribution in [-0.4, -0.2) is 25.2 Å². The minimum atomic E-state index is -0.179. The van der Waals surface area contributed by atoms with E-state index in [4.69, 9.17) is 9.15 Å². The van der Waals surface area contributed by atoms with E-state index in [1.54, 1.807) is 6.07 Å². The molecule has 0 bridgehead atoms. The van der Waals surface area contributed by atoms with Crippen LogP contribution in [0.4, 0.5) is 0 Å². The monoisotopic (exact) mass is 245 g/mol. The maximum atomic E-state index is 11.9. The summed E-state index contributed by atoms with van der Waals surface area (Å²) < 4.78 is 10.9. The standard InChI is InChI=1S/C14H15NO3/c16-14(15-9-11-5-3-7-17-11)13-8-10-4-1-2-6-12(10)18-13/h1-2,4,6,8,11H,3,5,7,9H2,(H,15,16)/t11-/m0/s1. The van der Waals surface area contributed by atoms with Crippen molar-refractivity contribution in [3.05, 3.63) is 36.1 Å². The first-order valence-corrected chi connectivity index (χ1v) is 6.21. The highest BCUT2D eigenvalue weighted by Crippen LogP contribution is 2.18. The van der Waals surface area contributed by atoms with Crippen LogP contribution in [0.2, 0.25) is 0 Å². The van der Waals surface area contributed by atoms with E-state index in [0.29, 0.717) is 12.3 Å². The van der Waals surface area contributed by atoms with Gasteiger partial charge in [-0.15, -0.1) is 0 Å². The zero-order chi connectivity index (χ0) is 12.4. The summed E-state index contributed by atoms with van der Waals surface area (Å²) in [5.74, 6) is 0.177. The van der Waals surface area contributed by atoms with Crippen LogP contribution in [-0.2, 0) is 4.74 Å². The molecule has 18 heavy (non-hydrogen) atoms. The first-order chi connectivity index (χ1) is 8.83. The predicted octanol–water partition coefficient (Wildman–Crippen LogP) is 2.34. The summed E-state index contributed by atoms with van der Waals surface area (Å²) in [6, 6.07) is 9.36. The van der Waals surface area contributed by atoms with Gasteiger partial charge in [-0.25, -0.2) is 0 Å². The first kappa shape index (κ1) is 11.3. The smallest absolute Gasteiger partial charge is 0.287 e. The Morgan fingerprint density at radius 2 is 2.28 bits per heavy atom. The lowest BCUT2D eigenvalue weighted by molar-refractivity contribution is 0.0837. The van der Waals surface area contributed by atoms with Crippen molar-refractivity contribution in [1.29, 1.82) is 0 Å². The molecule has 0 spiro atoms. The van der Waals surface area contributed by atoms with Crippen LogP contribution in [0.1, 0.15) is 23.4 Å². The van der Waals surface area contributed by atoms with Crippen LogP contribution in [0.3, 0.4) is 0 Å². The van der Waals surface area contributed by atoms with Gasteiger partial charge >= 0.3 is 0 Å². The molecule has 1 aromatic carbocycles. The van der Waals surface area contributed by atoms with E-state index in [-0.39, 0.29) is 12.0 Å². The van der Waals surface area contributed by atoms with Gasteiger partial charge in [-0.2, -0.15) is 0 Å². The number of carbonyl (C=O) groups excluding carboxylic acids is 1. The quantitative estimate of drug-likeness (QED) is 0.903. The topological polar surface area (TPSA) is 51.5 Å². The number of hydrogen-bond donors (Lipinski definition) is 1. The molecule has 94 valence electrons. The van der Waals surface area contributed by atoms with Gasteiger partial charge < -0.3 is 14.5 Å². The summed E-state index contributed by atoms with van der Waals surface area (Å²) in [6.07, 6.45) is 2.24. The van der Waals surface area contributed by atoms with Crippen LogP contribution >= 0.6 is 0 Å². The number of amides is 1. The third-order valence-electron chi connectivity index (χ3n) is 3.16. The van der Waals surface area contributed by atoms with Crippen LogP contribution in [0.5, 0.6) is 0 Å². The second kappa shape index (κ2) is 4.82. The van der Waals surface area contributed by atoms with E-state index in [2.05, 4.69) is 5.32 Å². The average Bonchev–Trinajstić information content (AvgIpc) is 3.04. The van der Waals surface area contributed by atoms with Gasteiger partial charge in [-0.3, -0.25) is 4.79 Å². The maximum Gasteiger partial charge on any atom is 0.287 e. The molecule has 1 saturated heterocycles. The van der Waals surface area contributed by atoms with E-state index < -0.39 is 0 Å². The molecular formula is C14H15NO3. The normalized spacial score (nSPS) is 19.2. The van der Waals surface area contributed by atoms with Crippen molar-refractivity contribution in [2.45, 2.75) is 18.9 Å². The number of ether oxygens (including phenoxy) is 1. The minimum absolute atomic E-state index is 0.151. The Balaban J connectivity index is 1.67. The number of nitrogens with one attached hydrogen (secondary N) is 1. The lowest BCUT2D eigenvalue weighted by Gasteiger charge is -2.09. The number of hydrogen-bond acceptors (Lipinski definition) is 3. The fourth-order valence-corrected chi connectivity index (χ4v) is 2.19. The lowest BCUT2D eigenvalue weighted by Crippen LogP contribution is -2.31. The number of fused-ring (bicyclic) bond motifs is 1. The molecule has 1 aliphatic heterocycles. The SMILES string of the molecule is O=C(NC[C@@H]1CCCO1)c1cc2ccccc2o1. The van der Waals surface area contributed by atoms with Gasteiger partial charge in [0.25, 0.3) is 5.91 Å². The molecular weight excluding hydrogens is 230 g/mol. The van der Waals surface area contributed by atoms with Crippen molar-refractivity contribution in [1.82, 2.24) is 5.32 Å². The van der Waals surface area contributed by atoms with Gasteiger partial charge in [0, 0.05) is 18.5 Å². The fourth-order valence-electron chi connectivity index (χ4n) is 2.19. The van der Waals surface area contributed by atoms with Crippen LogP contribution in [0, 0.1) is 0 Å². The maximum absolute atomic E-state index is 11.9. The van der Waals surface area contributed by atoms with E-state index in [1.807, 2.05) is 24.3 Å². The average molecular weight is 245 g/mol. The molecule has 3 rings (SSSR count). The fraction of sp³-hybridized carbons (Fsp3) is 0.357. The molecule has 0 radical (unpaired) electrons. The molecule has 2 aromatic rings. The Morgan fingerprint density at radius 3 is 3.06 bits per heavy atom. The Hall–Kier alpha value is -1.81. The van der Waals surface area contributed by atoms with Crippen LogP contribution < -0.4 is 5.32 Å². The number of furan rings is 1. The molecule has 1 atom stereocenters. The second-order valence-electron chi connectivity index (χ2n) is 4.49. The number of carbonyl (C=O) groups is 1. The summed E-state index contributed by atoms with van der Waals surface area (Å²) in [7, 11) is 0. The second-order valence-corrected chi connectivity index (χ2v) is 4.49. The van der Waals surface area contributed by atoms with Crippen molar-refractivity contribution in [2.24, 2.45) is 0 Å². The highest BCUT2D eigenvalue weighted by Gasteiger charge is 2.18. The van der Waals surface area contributed by atoms with E-state index in [9.17, 15) is 4.79 Å². The highest BCUT2D eigenvalue weighted by atomic mass is 16.5. The van der Waals surface area contributed by atoms with Gasteiger partial charge in [0.05, 0.1) is 6.10 Å². The molecule has 1 aliphatic rings. The van der Waals surface area contributed by atoms with Crippen molar-refractivity contribution in [3.63, 3.8) is 0 Å². The first-order valence-electron chi connectivity index (χ1n) is 6.21. The number of benzene rings is 1. The molecule has 4 heteroatoms. The molecule has 4 nitrogen and oxygen atoms in total. The number of rotatable bonds is 3. The summed E-state index contributed by atoms with van der Waals surface area (Å²) >= 11 is 0. The lowest BCUT2D eigenvalue weighted by atomic mass is 10.2. The molecule has 1 N–H and O–H groups in total. The summed E-state index contributed by atoms with van der Waals surface area (Å²) in [4.78, 5) is 11.9. The van der Waals surface area contributed by atoms with Gasteiger partial charge in [0.2, 0.25) is 0 Å². The number of para-hydroxylation sites is 1. The molecule has 2 heterocycles. The molecule has 1 fully saturated rings. The largest absolute Gasteiger partial charge is 0.451 e. The van der Waals surface area contributed by atoms with Crippen molar-refractivity contribution in [2.75, 3.05) is 13.2 Å². The zero-order valence-corrected chi connectivity index (χ0v) is 10.0. The summed E-state index contributed by atoms with van der Waals surface area (Å²) in [5, 5.41) is 3.79. The van der Waals surface area contributed by atoms with Crippen molar-refractivity contribution < 1.29 is 13.9 Å².